The topological polar surface area (TPSA) is 89.3 Å². The summed E-state index contributed by atoms with van der Waals surface area (Å²) in [4.78, 5) is 34.1. The number of aldehydes is 1. The van der Waals surface area contributed by atoms with Crippen molar-refractivity contribution >= 4 is 18.1 Å². The van der Waals surface area contributed by atoms with Gasteiger partial charge in [-0.15, -0.1) is 0 Å². The van der Waals surface area contributed by atoms with Gasteiger partial charge in [-0.3, -0.25) is 9.59 Å². The van der Waals surface area contributed by atoms with Crippen LogP contribution in [0, 0.1) is 17.8 Å². The minimum atomic E-state index is -0.434. The molecular weight excluding hydrogens is 232 g/mol. The zero-order chi connectivity index (χ0) is 13.5. The second-order valence-corrected chi connectivity index (χ2v) is 4.96. The smallest absolute Gasteiger partial charge is 0.223 e. The molecule has 1 unspecified atom stereocenters. The van der Waals surface area contributed by atoms with E-state index in [1.54, 1.807) is 0 Å². The van der Waals surface area contributed by atoms with Crippen LogP contribution in [0.3, 0.4) is 0 Å². The van der Waals surface area contributed by atoms with Crippen molar-refractivity contribution in [1.82, 2.24) is 5.32 Å². The summed E-state index contributed by atoms with van der Waals surface area (Å²) in [6.07, 6.45) is 4.42. The highest BCUT2D eigenvalue weighted by atomic mass is 16.2. The molecule has 1 rings (SSSR count). The van der Waals surface area contributed by atoms with Crippen LogP contribution in [0.1, 0.15) is 39.0 Å². The van der Waals surface area contributed by atoms with Gasteiger partial charge in [-0.05, 0) is 19.3 Å². The van der Waals surface area contributed by atoms with Crippen LogP contribution in [0.2, 0.25) is 0 Å². The maximum Gasteiger partial charge on any atom is 0.223 e. The number of amides is 2. The summed E-state index contributed by atoms with van der Waals surface area (Å²) in [5, 5.41) is 2.74. The fourth-order valence-electron chi connectivity index (χ4n) is 2.50. The van der Waals surface area contributed by atoms with Crippen molar-refractivity contribution in [2.45, 2.75) is 39.0 Å². The van der Waals surface area contributed by atoms with Gasteiger partial charge < -0.3 is 15.8 Å². The van der Waals surface area contributed by atoms with E-state index in [9.17, 15) is 14.4 Å². The Morgan fingerprint density at radius 3 is 2.78 bits per heavy atom. The monoisotopic (exact) mass is 254 g/mol. The number of carbonyl (C=O) groups is 3. The number of nitrogens with one attached hydrogen (secondary N) is 1. The van der Waals surface area contributed by atoms with E-state index in [-0.39, 0.29) is 11.8 Å². The maximum absolute atomic E-state index is 11.5. The van der Waals surface area contributed by atoms with Crippen LogP contribution in [0.5, 0.6) is 0 Å². The first-order valence-corrected chi connectivity index (χ1v) is 6.62. The first-order chi connectivity index (χ1) is 8.60. The largest absolute Gasteiger partial charge is 0.369 e. The van der Waals surface area contributed by atoms with E-state index in [2.05, 4.69) is 5.32 Å². The normalized spacial score (nSPS) is 22.3. The number of carbonyl (C=O) groups excluding carboxylic acids is 3. The second kappa shape index (κ2) is 7.13. The summed E-state index contributed by atoms with van der Waals surface area (Å²) in [5.74, 6) is -1.46. The summed E-state index contributed by atoms with van der Waals surface area (Å²) in [7, 11) is 0. The third kappa shape index (κ3) is 3.82. The molecule has 1 aliphatic heterocycles. The van der Waals surface area contributed by atoms with Gasteiger partial charge in [0.05, 0.1) is 0 Å². The Morgan fingerprint density at radius 2 is 2.33 bits per heavy atom. The molecule has 1 saturated heterocycles. The molecule has 0 aromatic rings. The van der Waals surface area contributed by atoms with Crippen molar-refractivity contribution in [1.29, 1.82) is 0 Å². The van der Waals surface area contributed by atoms with Crippen LogP contribution in [0.25, 0.3) is 0 Å². The first-order valence-electron chi connectivity index (χ1n) is 6.62. The highest BCUT2D eigenvalue weighted by Gasteiger charge is 2.32. The first kappa shape index (κ1) is 14.7. The van der Waals surface area contributed by atoms with E-state index in [0.717, 1.165) is 25.5 Å². The van der Waals surface area contributed by atoms with Gasteiger partial charge in [-0.2, -0.15) is 0 Å². The standard InChI is InChI=1S/C13H22N2O3/c1-2-3-4-11(12(14)17)10(8-16)7-9-5-6-15-13(9)18/h8-11H,2-7H2,1H3,(H2,14,17)(H,15,18)/t9-,10-,11?/m1/s1. The minimum absolute atomic E-state index is 0.0134. The molecule has 2 amide bonds. The molecule has 5 heteroatoms. The van der Waals surface area contributed by atoms with Gasteiger partial charge in [0.15, 0.2) is 0 Å². The molecule has 102 valence electrons. The SMILES string of the molecule is CCCCC(C(N)=O)[C@@H](C=O)C[C@H]1CCNC1=O. The predicted octanol–water partition coefficient (Wildman–Crippen LogP) is 0.619. The van der Waals surface area contributed by atoms with Gasteiger partial charge in [0.2, 0.25) is 11.8 Å². The van der Waals surface area contributed by atoms with Crippen LogP contribution in [-0.2, 0) is 14.4 Å². The quantitative estimate of drug-likeness (QED) is 0.622. The van der Waals surface area contributed by atoms with E-state index in [0.29, 0.717) is 19.4 Å². The lowest BCUT2D eigenvalue weighted by Gasteiger charge is -2.21. The van der Waals surface area contributed by atoms with Gasteiger partial charge in [0.25, 0.3) is 0 Å². The van der Waals surface area contributed by atoms with Gasteiger partial charge in [-0.25, -0.2) is 0 Å². The van der Waals surface area contributed by atoms with Gasteiger partial charge in [-0.1, -0.05) is 19.8 Å². The van der Waals surface area contributed by atoms with Crippen LogP contribution in [0.15, 0.2) is 0 Å². The highest BCUT2D eigenvalue weighted by molar-refractivity contribution is 5.82. The molecule has 0 aromatic carbocycles. The number of rotatable bonds is 8. The zero-order valence-corrected chi connectivity index (χ0v) is 10.9. The molecule has 18 heavy (non-hydrogen) atoms. The van der Waals surface area contributed by atoms with Crippen LogP contribution in [0.4, 0.5) is 0 Å². The lowest BCUT2D eigenvalue weighted by Crippen LogP contribution is -2.33. The lowest BCUT2D eigenvalue weighted by molar-refractivity contribution is -0.129. The van der Waals surface area contributed by atoms with E-state index >= 15 is 0 Å². The Bertz CT molecular complexity index is 317. The lowest BCUT2D eigenvalue weighted by atomic mass is 9.81. The maximum atomic E-state index is 11.5. The van der Waals surface area contributed by atoms with Crippen molar-refractivity contribution in [2.75, 3.05) is 6.54 Å². The molecule has 3 N–H and O–H groups in total. The van der Waals surface area contributed by atoms with Crippen molar-refractivity contribution in [3.63, 3.8) is 0 Å². The van der Waals surface area contributed by atoms with Crippen molar-refractivity contribution in [3.8, 4) is 0 Å². The molecule has 0 aliphatic carbocycles. The molecule has 0 saturated carbocycles. The molecule has 0 radical (unpaired) electrons. The number of nitrogens with two attached hydrogens (primary N) is 1. The van der Waals surface area contributed by atoms with E-state index in [1.165, 1.54) is 0 Å². The van der Waals surface area contributed by atoms with Crippen LogP contribution < -0.4 is 11.1 Å². The third-order valence-electron chi connectivity index (χ3n) is 3.65. The number of primary amides is 1. The fourth-order valence-corrected chi connectivity index (χ4v) is 2.50. The number of unbranched alkanes of at least 4 members (excludes halogenated alkanes) is 1. The fraction of sp³-hybridized carbons (Fsp3) is 0.769. The Morgan fingerprint density at radius 1 is 1.61 bits per heavy atom. The third-order valence-corrected chi connectivity index (χ3v) is 3.65. The van der Waals surface area contributed by atoms with Gasteiger partial charge in [0, 0.05) is 24.3 Å². The van der Waals surface area contributed by atoms with Gasteiger partial charge in [0.1, 0.15) is 6.29 Å². The molecule has 0 bridgehead atoms. The molecule has 0 aromatic heterocycles. The molecular formula is C13H22N2O3. The van der Waals surface area contributed by atoms with Gasteiger partial charge >= 0.3 is 0 Å². The van der Waals surface area contributed by atoms with E-state index < -0.39 is 17.7 Å². The van der Waals surface area contributed by atoms with E-state index in [4.69, 9.17) is 5.73 Å². The second-order valence-electron chi connectivity index (χ2n) is 4.96. The Kier molecular flexibility index (Phi) is 5.82. The Balaban J connectivity index is 2.63. The average molecular weight is 254 g/mol. The van der Waals surface area contributed by atoms with Crippen LogP contribution >= 0.6 is 0 Å². The van der Waals surface area contributed by atoms with Crippen LogP contribution in [-0.4, -0.2) is 24.6 Å². The molecule has 1 fully saturated rings. The Labute approximate surface area is 107 Å². The molecule has 0 spiro atoms. The number of hydrogen-bond acceptors (Lipinski definition) is 3. The predicted molar refractivity (Wildman–Crippen MR) is 67.5 cm³/mol. The minimum Gasteiger partial charge on any atom is -0.369 e. The van der Waals surface area contributed by atoms with E-state index in [1.807, 2.05) is 6.92 Å². The molecule has 1 aliphatic rings. The highest BCUT2D eigenvalue weighted by Crippen LogP contribution is 2.26. The zero-order valence-electron chi connectivity index (χ0n) is 10.9. The van der Waals surface area contributed by atoms with Crippen molar-refractivity contribution in [3.05, 3.63) is 0 Å². The Hall–Kier alpha value is -1.39. The average Bonchev–Trinajstić information content (AvgIpc) is 2.73. The molecule has 3 atom stereocenters. The summed E-state index contributed by atoms with van der Waals surface area (Å²) in [6.45, 7) is 2.68. The number of hydrogen-bond donors (Lipinski definition) is 2. The summed E-state index contributed by atoms with van der Waals surface area (Å²) < 4.78 is 0. The molecule has 1 heterocycles. The summed E-state index contributed by atoms with van der Waals surface area (Å²) in [6, 6.07) is 0. The summed E-state index contributed by atoms with van der Waals surface area (Å²) in [5.41, 5.74) is 5.36. The van der Waals surface area contributed by atoms with Crippen molar-refractivity contribution in [2.24, 2.45) is 23.5 Å². The summed E-state index contributed by atoms with van der Waals surface area (Å²) >= 11 is 0. The molecule has 5 nitrogen and oxygen atoms in total. The van der Waals surface area contributed by atoms with Crippen molar-refractivity contribution < 1.29 is 14.4 Å².